The van der Waals surface area contributed by atoms with E-state index in [1.54, 1.807) is 7.11 Å². The first kappa shape index (κ1) is 10.3. The van der Waals surface area contributed by atoms with Crippen LogP contribution in [-0.2, 0) is 14.3 Å². The topological polar surface area (TPSA) is 87.6 Å². The molecule has 0 saturated carbocycles. The molecular formula is C6H14N2O3. The van der Waals surface area contributed by atoms with Gasteiger partial charge in [0, 0.05) is 13.7 Å². The van der Waals surface area contributed by atoms with E-state index in [2.05, 4.69) is 4.74 Å². The molecule has 1 atom stereocenters. The van der Waals surface area contributed by atoms with Crippen molar-refractivity contribution in [2.45, 2.75) is 12.5 Å². The van der Waals surface area contributed by atoms with Crippen molar-refractivity contribution in [2.75, 3.05) is 20.4 Å². The van der Waals surface area contributed by atoms with Gasteiger partial charge in [0.05, 0.1) is 0 Å². The molecular weight excluding hydrogens is 148 g/mol. The van der Waals surface area contributed by atoms with Crippen molar-refractivity contribution in [1.82, 2.24) is 0 Å². The Morgan fingerprint density at radius 2 is 2.27 bits per heavy atom. The molecule has 66 valence electrons. The number of nitrogens with two attached hydrogens (primary N) is 2. The SMILES string of the molecule is COCC[C@H](N)C(=O)OCN. The fourth-order valence-corrected chi connectivity index (χ4v) is 0.552. The van der Waals surface area contributed by atoms with E-state index in [-0.39, 0.29) is 6.73 Å². The molecule has 0 bridgehead atoms. The molecule has 4 N–H and O–H groups in total. The molecule has 0 aliphatic rings. The monoisotopic (exact) mass is 162 g/mol. The number of methoxy groups -OCH3 is 1. The van der Waals surface area contributed by atoms with Crippen LogP contribution in [0.5, 0.6) is 0 Å². The normalized spacial score (nSPS) is 12.6. The van der Waals surface area contributed by atoms with Crippen LogP contribution >= 0.6 is 0 Å². The number of carbonyl (C=O) groups excluding carboxylic acids is 1. The van der Waals surface area contributed by atoms with Gasteiger partial charge in [-0.1, -0.05) is 0 Å². The average Bonchev–Trinajstić information content (AvgIpc) is 2.00. The minimum atomic E-state index is -0.626. The van der Waals surface area contributed by atoms with E-state index in [1.807, 2.05) is 0 Å². The van der Waals surface area contributed by atoms with Gasteiger partial charge < -0.3 is 15.2 Å². The second-order valence-corrected chi connectivity index (χ2v) is 2.02. The molecule has 0 saturated heterocycles. The molecule has 0 spiro atoms. The van der Waals surface area contributed by atoms with Gasteiger partial charge in [0.2, 0.25) is 0 Å². The molecule has 0 heterocycles. The number of hydrogen-bond acceptors (Lipinski definition) is 5. The van der Waals surface area contributed by atoms with Crippen LogP contribution in [0.25, 0.3) is 0 Å². The first-order chi connectivity index (χ1) is 5.22. The Morgan fingerprint density at radius 3 is 2.73 bits per heavy atom. The predicted molar refractivity (Wildman–Crippen MR) is 39.6 cm³/mol. The van der Waals surface area contributed by atoms with Crippen LogP contribution < -0.4 is 11.5 Å². The smallest absolute Gasteiger partial charge is 0.324 e. The molecule has 0 aromatic rings. The molecule has 5 nitrogen and oxygen atoms in total. The van der Waals surface area contributed by atoms with Gasteiger partial charge in [0.15, 0.2) is 0 Å². The first-order valence-corrected chi connectivity index (χ1v) is 3.33. The van der Waals surface area contributed by atoms with E-state index in [1.165, 1.54) is 0 Å². The summed E-state index contributed by atoms with van der Waals surface area (Å²) >= 11 is 0. The molecule has 11 heavy (non-hydrogen) atoms. The number of ether oxygens (including phenoxy) is 2. The van der Waals surface area contributed by atoms with E-state index >= 15 is 0 Å². The average molecular weight is 162 g/mol. The fraction of sp³-hybridized carbons (Fsp3) is 0.833. The number of hydrogen-bond donors (Lipinski definition) is 2. The quantitative estimate of drug-likeness (QED) is 0.392. The summed E-state index contributed by atoms with van der Waals surface area (Å²) < 4.78 is 9.18. The van der Waals surface area contributed by atoms with Crippen molar-refractivity contribution < 1.29 is 14.3 Å². The summed E-state index contributed by atoms with van der Waals surface area (Å²) in [4.78, 5) is 10.8. The van der Waals surface area contributed by atoms with Crippen LogP contribution in [0.15, 0.2) is 0 Å². The molecule has 0 radical (unpaired) electrons. The second kappa shape index (κ2) is 6.09. The summed E-state index contributed by atoms with van der Waals surface area (Å²) in [5.74, 6) is -0.482. The van der Waals surface area contributed by atoms with E-state index in [9.17, 15) is 4.79 Å². The largest absolute Gasteiger partial charge is 0.449 e. The van der Waals surface area contributed by atoms with Crippen LogP contribution in [0.3, 0.4) is 0 Å². The predicted octanol–water partition coefficient (Wildman–Crippen LogP) is -1.19. The van der Waals surface area contributed by atoms with E-state index < -0.39 is 12.0 Å². The van der Waals surface area contributed by atoms with Crippen molar-refractivity contribution in [3.05, 3.63) is 0 Å². The maximum absolute atomic E-state index is 10.8. The zero-order valence-corrected chi connectivity index (χ0v) is 6.58. The van der Waals surface area contributed by atoms with Gasteiger partial charge in [-0.3, -0.25) is 10.5 Å². The number of carbonyl (C=O) groups is 1. The Hall–Kier alpha value is -0.650. The standard InChI is InChI=1S/C6H14N2O3/c1-10-3-2-5(8)6(9)11-4-7/h5H,2-4,7-8H2,1H3/t5-/m0/s1. The minimum Gasteiger partial charge on any atom is -0.449 e. The zero-order chi connectivity index (χ0) is 8.69. The Morgan fingerprint density at radius 1 is 1.64 bits per heavy atom. The fourth-order valence-electron chi connectivity index (χ4n) is 0.552. The van der Waals surface area contributed by atoms with Crippen molar-refractivity contribution in [1.29, 1.82) is 0 Å². The third-order valence-corrected chi connectivity index (χ3v) is 1.16. The van der Waals surface area contributed by atoms with E-state index in [4.69, 9.17) is 16.2 Å². The maximum Gasteiger partial charge on any atom is 0.324 e. The van der Waals surface area contributed by atoms with Crippen LogP contribution in [0.4, 0.5) is 0 Å². The Balaban J connectivity index is 3.46. The van der Waals surface area contributed by atoms with Crippen molar-refractivity contribution in [2.24, 2.45) is 11.5 Å². The summed E-state index contributed by atoms with van der Waals surface area (Å²) in [6, 6.07) is -0.626. The van der Waals surface area contributed by atoms with Crippen LogP contribution in [-0.4, -0.2) is 32.5 Å². The van der Waals surface area contributed by atoms with Gasteiger partial charge in [-0.15, -0.1) is 0 Å². The van der Waals surface area contributed by atoms with Crippen LogP contribution in [0.2, 0.25) is 0 Å². The van der Waals surface area contributed by atoms with E-state index in [0.29, 0.717) is 13.0 Å². The highest BCUT2D eigenvalue weighted by atomic mass is 16.5. The van der Waals surface area contributed by atoms with E-state index in [0.717, 1.165) is 0 Å². The van der Waals surface area contributed by atoms with Crippen LogP contribution in [0, 0.1) is 0 Å². The highest BCUT2D eigenvalue weighted by Crippen LogP contribution is 1.91. The lowest BCUT2D eigenvalue weighted by atomic mass is 10.2. The summed E-state index contributed by atoms with van der Waals surface area (Å²) in [6.45, 7) is 0.320. The molecule has 0 fully saturated rings. The second-order valence-electron chi connectivity index (χ2n) is 2.02. The lowest BCUT2D eigenvalue weighted by molar-refractivity contribution is -0.145. The Labute approximate surface area is 65.6 Å². The van der Waals surface area contributed by atoms with Crippen molar-refractivity contribution in [3.8, 4) is 0 Å². The van der Waals surface area contributed by atoms with Crippen molar-refractivity contribution >= 4 is 5.97 Å². The van der Waals surface area contributed by atoms with Crippen molar-refractivity contribution in [3.63, 3.8) is 0 Å². The Kier molecular flexibility index (Phi) is 5.73. The molecule has 0 unspecified atom stereocenters. The summed E-state index contributed by atoms with van der Waals surface area (Å²) in [5.41, 5.74) is 10.3. The lowest BCUT2D eigenvalue weighted by Crippen LogP contribution is -2.34. The summed E-state index contributed by atoms with van der Waals surface area (Å²) in [7, 11) is 1.54. The zero-order valence-electron chi connectivity index (χ0n) is 6.58. The Bertz CT molecular complexity index is 118. The summed E-state index contributed by atoms with van der Waals surface area (Å²) in [5, 5.41) is 0. The number of esters is 1. The van der Waals surface area contributed by atoms with Gasteiger partial charge in [-0.25, -0.2) is 0 Å². The summed E-state index contributed by atoms with van der Waals surface area (Å²) in [6.07, 6.45) is 0.454. The highest BCUT2D eigenvalue weighted by Gasteiger charge is 2.13. The third-order valence-electron chi connectivity index (χ3n) is 1.16. The van der Waals surface area contributed by atoms with Gasteiger partial charge in [0.25, 0.3) is 0 Å². The lowest BCUT2D eigenvalue weighted by Gasteiger charge is -2.08. The molecule has 0 rings (SSSR count). The number of rotatable bonds is 5. The maximum atomic E-state index is 10.8. The third kappa shape index (κ3) is 4.72. The molecule has 5 heteroatoms. The highest BCUT2D eigenvalue weighted by molar-refractivity contribution is 5.75. The first-order valence-electron chi connectivity index (χ1n) is 3.33. The van der Waals surface area contributed by atoms with Gasteiger partial charge in [-0.2, -0.15) is 0 Å². The molecule has 0 aromatic heterocycles. The molecule has 0 amide bonds. The van der Waals surface area contributed by atoms with Gasteiger partial charge >= 0.3 is 5.97 Å². The molecule has 0 aromatic carbocycles. The molecule has 0 aliphatic heterocycles. The van der Waals surface area contributed by atoms with Crippen LogP contribution in [0.1, 0.15) is 6.42 Å². The van der Waals surface area contributed by atoms with Gasteiger partial charge in [-0.05, 0) is 6.42 Å². The molecule has 0 aliphatic carbocycles. The van der Waals surface area contributed by atoms with Gasteiger partial charge in [0.1, 0.15) is 12.8 Å². The minimum absolute atomic E-state index is 0.125.